The average molecular weight is 359 g/mol. The van der Waals surface area contributed by atoms with E-state index in [0.29, 0.717) is 30.4 Å². The van der Waals surface area contributed by atoms with Crippen LogP contribution in [0.25, 0.3) is 0 Å². The molecule has 3 heterocycles. The van der Waals surface area contributed by atoms with Crippen molar-refractivity contribution in [2.75, 3.05) is 6.54 Å². The number of likely N-dealkylation sites (tertiary alicyclic amines) is 1. The Kier molecular flexibility index (Phi) is 5.39. The monoisotopic (exact) mass is 359 g/mol. The molecule has 0 spiro atoms. The van der Waals surface area contributed by atoms with E-state index in [1.165, 1.54) is 0 Å². The number of aryl methyl sites for hydroxylation is 1. The molecular formula is C18H25N5O3. The molecule has 26 heavy (non-hydrogen) atoms. The molecule has 3 rings (SSSR count). The highest BCUT2D eigenvalue weighted by Gasteiger charge is 2.30. The number of rotatable bonds is 5. The van der Waals surface area contributed by atoms with Gasteiger partial charge in [0, 0.05) is 18.8 Å². The van der Waals surface area contributed by atoms with E-state index in [9.17, 15) is 9.59 Å². The molecule has 0 radical (unpaired) electrons. The minimum atomic E-state index is -0.537. The Morgan fingerprint density at radius 2 is 2.23 bits per heavy atom. The van der Waals surface area contributed by atoms with E-state index in [0.717, 1.165) is 12.8 Å². The predicted molar refractivity (Wildman–Crippen MR) is 94.4 cm³/mol. The molecule has 0 aromatic carbocycles. The van der Waals surface area contributed by atoms with Gasteiger partial charge in [-0.05, 0) is 52.2 Å². The molecule has 2 aromatic rings. The van der Waals surface area contributed by atoms with Crippen molar-refractivity contribution in [3.63, 3.8) is 0 Å². The standard InChI is InChI=1S/C18H25N5O3/c1-12(2)23-10-6-8-15(23)17(24)20-14-7-4-5-9-22(18(14)25)11-16-19-13(3)21-26-16/h6,8,10,12,14H,4-5,7,9,11H2,1-3H3,(H,20,24). The van der Waals surface area contributed by atoms with Crippen molar-refractivity contribution in [2.45, 2.75) is 58.7 Å². The molecule has 0 aliphatic carbocycles. The van der Waals surface area contributed by atoms with E-state index in [2.05, 4.69) is 15.5 Å². The van der Waals surface area contributed by atoms with Gasteiger partial charge < -0.3 is 19.3 Å². The van der Waals surface area contributed by atoms with Gasteiger partial charge in [0.1, 0.15) is 18.3 Å². The van der Waals surface area contributed by atoms with Crippen LogP contribution in [0, 0.1) is 6.92 Å². The summed E-state index contributed by atoms with van der Waals surface area (Å²) in [5.41, 5.74) is 0.566. The van der Waals surface area contributed by atoms with Gasteiger partial charge in [0.15, 0.2) is 5.82 Å². The largest absolute Gasteiger partial charge is 0.341 e. The third-order valence-electron chi connectivity index (χ3n) is 4.55. The van der Waals surface area contributed by atoms with Gasteiger partial charge in [0.25, 0.3) is 5.91 Å². The SMILES string of the molecule is Cc1noc(CN2CCCCC(NC(=O)c3cccn3C(C)C)C2=O)n1. The molecule has 1 aliphatic rings. The van der Waals surface area contributed by atoms with Crippen LogP contribution in [-0.4, -0.2) is 44.0 Å². The number of carbonyl (C=O) groups is 2. The number of nitrogens with zero attached hydrogens (tertiary/aromatic N) is 4. The summed E-state index contributed by atoms with van der Waals surface area (Å²) in [5, 5.41) is 6.67. The minimum absolute atomic E-state index is 0.102. The second kappa shape index (κ2) is 7.72. The van der Waals surface area contributed by atoms with Crippen LogP contribution in [0.1, 0.15) is 61.4 Å². The molecule has 8 heteroatoms. The highest BCUT2D eigenvalue weighted by molar-refractivity contribution is 5.96. The van der Waals surface area contributed by atoms with Gasteiger partial charge in [0.2, 0.25) is 11.8 Å². The molecule has 140 valence electrons. The van der Waals surface area contributed by atoms with E-state index in [4.69, 9.17) is 4.52 Å². The lowest BCUT2D eigenvalue weighted by atomic mass is 10.1. The summed E-state index contributed by atoms with van der Waals surface area (Å²) < 4.78 is 7.03. The molecule has 1 fully saturated rings. The topological polar surface area (TPSA) is 93.3 Å². The second-order valence-electron chi connectivity index (χ2n) is 6.91. The molecule has 2 amide bonds. The van der Waals surface area contributed by atoms with Crippen LogP contribution in [0.5, 0.6) is 0 Å². The smallest absolute Gasteiger partial charge is 0.268 e. The summed E-state index contributed by atoms with van der Waals surface area (Å²) in [4.78, 5) is 31.4. The van der Waals surface area contributed by atoms with Gasteiger partial charge in [-0.1, -0.05) is 5.16 Å². The van der Waals surface area contributed by atoms with Crippen molar-refractivity contribution in [2.24, 2.45) is 0 Å². The van der Waals surface area contributed by atoms with Gasteiger partial charge >= 0.3 is 0 Å². The molecule has 0 bridgehead atoms. The van der Waals surface area contributed by atoms with Crippen LogP contribution in [-0.2, 0) is 11.3 Å². The molecule has 1 unspecified atom stereocenters. The highest BCUT2D eigenvalue weighted by atomic mass is 16.5. The van der Waals surface area contributed by atoms with E-state index in [1.54, 1.807) is 17.9 Å². The highest BCUT2D eigenvalue weighted by Crippen LogP contribution is 2.16. The maximum absolute atomic E-state index is 12.9. The fraction of sp³-hybridized carbons (Fsp3) is 0.556. The Morgan fingerprint density at radius 3 is 2.92 bits per heavy atom. The van der Waals surface area contributed by atoms with Crippen molar-refractivity contribution >= 4 is 11.8 Å². The van der Waals surface area contributed by atoms with E-state index in [1.807, 2.05) is 30.7 Å². The van der Waals surface area contributed by atoms with E-state index < -0.39 is 6.04 Å². The number of hydrogen-bond acceptors (Lipinski definition) is 5. The zero-order chi connectivity index (χ0) is 18.7. The molecule has 1 N–H and O–H groups in total. The third kappa shape index (κ3) is 3.95. The second-order valence-corrected chi connectivity index (χ2v) is 6.91. The Balaban J connectivity index is 1.70. The first-order valence-corrected chi connectivity index (χ1v) is 9.01. The zero-order valence-corrected chi connectivity index (χ0v) is 15.4. The predicted octanol–water partition coefficient (Wildman–Crippen LogP) is 2.07. The number of hydrogen-bond donors (Lipinski definition) is 1. The lowest BCUT2D eigenvalue weighted by Gasteiger charge is -2.24. The Hall–Kier alpha value is -2.64. The molecule has 1 saturated heterocycles. The maximum Gasteiger partial charge on any atom is 0.268 e. The first kappa shape index (κ1) is 18.2. The molecule has 1 aliphatic heterocycles. The van der Waals surface area contributed by atoms with Crippen LogP contribution in [0.4, 0.5) is 0 Å². The van der Waals surface area contributed by atoms with Crippen LogP contribution in [0.2, 0.25) is 0 Å². The van der Waals surface area contributed by atoms with Gasteiger partial charge in [-0.3, -0.25) is 9.59 Å². The quantitative estimate of drug-likeness (QED) is 0.882. The molecular weight excluding hydrogens is 334 g/mol. The van der Waals surface area contributed by atoms with Crippen molar-refractivity contribution in [1.29, 1.82) is 0 Å². The fourth-order valence-electron chi connectivity index (χ4n) is 3.23. The lowest BCUT2D eigenvalue weighted by Crippen LogP contribution is -2.47. The van der Waals surface area contributed by atoms with Gasteiger partial charge in [-0.15, -0.1) is 0 Å². The first-order valence-electron chi connectivity index (χ1n) is 9.01. The van der Waals surface area contributed by atoms with Crippen LogP contribution < -0.4 is 5.32 Å². The van der Waals surface area contributed by atoms with Gasteiger partial charge in [0.05, 0.1) is 0 Å². The van der Waals surface area contributed by atoms with Crippen molar-refractivity contribution in [3.8, 4) is 0 Å². The summed E-state index contributed by atoms with van der Waals surface area (Å²) in [6, 6.07) is 3.25. The number of carbonyl (C=O) groups excluding carboxylic acids is 2. The lowest BCUT2D eigenvalue weighted by molar-refractivity contribution is -0.133. The average Bonchev–Trinajstić information content (AvgIpc) is 3.21. The van der Waals surface area contributed by atoms with Gasteiger partial charge in [-0.2, -0.15) is 4.98 Å². The van der Waals surface area contributed by atoms with Crippen molar-refractivity contribution < 1.29 is 14.1 Å². The maximum atomic E-state index is 12.9. The van der Waals surface area contributed by atoms with Gasteiger partial charge in [-0.25, -0.2) is 0 Å². The Bertz CT molecular complexity index is 779. The number of amides is 2. The third-order valence-corrected chi connectivity index (χ3v) is 4.55. The zero-order valence-electron chi connectivity index (χ0n) is 15.4. The summed E-state index contributed by atoms with van der Waals surface area (Å²) in [7, 11) is 0. The van der Waals surface area contributed by atoms with Crippen LogP contribution in [0.3, 0.4) is 0 Å². The molecule has 8 nitrogen and oxygen atoms in total. The van der Waals surface area contributed by atoms with Crippen molar-refractivity contribution in [1.82, 2.24) is 24.9 Å². The van der Waals surface area contributed by atoms with Crippen molar-refractivity contribution in [3.05, 3.63) is 35.7 Å². The normalized spacial score (nSPS) is 18.2. The van der Waals surface area contributed by atoms with Crippen LogP contribution in [0.15, 0.2) is 22.9 Å². The first-order chi connectivity index (χ1) is 12.5. The summed E-state index contributed by atoms with van der Waals surface area (Å²) in [6.45, 7) is 6.66. The van der Waals surface area contributed by atoms with E-state index >= 15 is 0 Å². The Labute approximate surface area is 152 Å². The number of nitrogens with one attached hydrogen (secondary N) is 1. The van der Waals surface area contributed by atoms with Crippen LogP contribution >= 0.6 is 0 Å². The minimum Gasteiger partial charge on any atom is -0.341 e. The summed E-state index contributed by atoms with van der Waals surface area (Å²) in [5.74, 6) is 0.630. The molecule has 0 saturated carbocycles. The summed E-state index contributed by atoms with van der Waals surface area (Å²) in [6.07, 6.45) is 4.26. The molecule has 1 atom stereocenters. The summed E-state index contributed by atoms with van der Waals surface area (Å²) >= 11 is 0. The molecule has 2 aromatic heterocycles. The fourth-order valence-corrected chi connectivity index (χ4v) is 3.23. The Morgan fingerprint density at radius 1 is 1.42 bits per heavy atom. The number of aromatic nitrogens is 3. The van der Waals surface area contributed by atoms with E-state index in [-0.39, 0.29) is 24.4 Å².